The molecule has 5 nitrogen and oxygen atoms in total. The Hall–Kier alpha value is -2.37. The molecule has 1 aliphatic rings. The van der Waals surface area contributed by atoms with Gasteiger partial charge < -0.3 is 14.2 Å². The summed E-state index contributed by atoms with van der Waals surface area (Å²) in [7, 11) is 0. The van der Waals surface area contributed by atoms with E-state index in [0.29, 0.717) is 25.4 Å². The van der Waals surface area contributed by atoms with Crippen molar-refractivity contribution in [3.8, 4) is 5.75 Å². The summed E-state index contributed by atoms with van der Waals surface area (Å²) < 4.78 is 16.6. The van der Waals surface area contributed by atoms with E-state index in [1.807, 2.05) is 6.07 Å². The number of hydrogen-bond donors (Lipinski definition) is 0. The molecule has 0 radical (unpaired) electrons. The second-order valence-electron chi connectivity index (χ2n) is 6.27. The number of esters is 1. The number of rotatable bonds is 7. The minimum absolute atomic E-state index is 0.0391. The van der Waals surface area contributed by atoms with Gasteiger partial charge in [-0.2, -0.15) is 0 Å². The topological polar surface area (TPSA) is 48.0 Å². The lowest BCUT2D eigenvalue weighted by Crippen LogP contribution is -2.44. The average molecular weight is 355 g/mol. The summed E-state index contributed by atoms with van der Waals surface area (Å²) >= 11 is 0. The highest BCUT2D eigenvalue weighted by Gasteiger charge is 2.21. The second kappa shape index (κ2) is 9.36. The third kappa shape index (κ3) is 5.31. The maximum atomic E-state index is 11.7. The highest BCUT2D eigenvalue weighted by molar-refractivity contribution is 5.89. The van der Waals surface area contributed by atoms with Crippen molar-refractivity contribution in [1.82, 2.24) is 4.90 Å². The Kier molecular flexibility index (Phi) is 6.63. The Balaban J connectivity index is 1.47. The molecule has 0 spiro atoms. The molecular formula is C21H25NO4. The van der Waals surface area contributed by atoms with Gasteiger partial charge in [0.25, 0.3) is 0 Å². The van der Waals surface area contributed by atoms with E-state index in [-0.39, 0.29) is 12.1 Å². The van der Waals surface area contributed by atoms with Gasteiger partial charge in [-0.15, -0.1) is 0 Å². The number of benzene rings is 2. The van der Waals surface area contributed by atoms with Crippen LogP contribution in [0.2, 0.25) is 0 Å². The van der Waals surface area contributed by atoms with Crippen molar-refractivity contribution in [2.45, 2.75) is 19.6 Å². The molecule has 26 heavy (non-hydrogen) atoms. The minimum atomic E-state index is -0.314. The van der Waals surface area contributed by atoms with Gasteiger partial charge in [-0.1, -0.05) is 30.3 Å². The van der Waals surface area contributed by atoms with E-state index in [2.05, 4.69) is 29.2 Å². The number of carbonyl (C=O) groups is 1. The van der Waals surface area contributed by atoms with Crippen LogP contribution in [0.4, 0.5) is 0 Å². The van der Waals surface area contributed by atoms with Crippen molar-refractivity contribution >= 4 is 5.97 Å². The fraction of sp³-hybridized carbons (Fsp3) is 0.381. The molecule has 0 amide bonds. The average Bonchev–Trinajstić information content (AvgIpc) is 2.68. The Morgan fingerprint density at radius 2 is 1.92 bits per heavy atom. The zero-order valence-electron chi connectivity index (χ0n) is 15.1. The lowest BCUT2D eigenvalue weighted by Gasteiger charge is -2.32. The summed E-state index contributed by atoms with van der Waals surface area (Å²) in [5, 5.41) is 0. The largest absolute Gasteiger partial charge is 0.491 e. The third-order valence-electron chi connectivity index (χ3n) is 4.27. The maximum absolute atomic E-state index is 11.7. The summed E-state index contributed by atoms with van der Waals surface area (Å²) in [5.41, 5.74) is 1.84. The Morgan fingerprint density at radius 1 is 1.15 bits per heavy atom. The fourth-order valence-electron chi connectivity index (χ4n) is 2.96. The molecule has 2 aromatic rings. The first-order valence-electron chi connectivity index (χ1n) is 9.02. The van der Waals surface area contributed by atoms with Crippen molar-refractivity contribution < 1.29 is 19.0 Å². The summed E-state index contributed by atoms with van der Waals surface area (Å²) in [5.74, 6) is 0.410. The van der Waals surface area contributed by atoms with Gasteiger partial charge in [0, 0.05) is 19.6 Å². The van der Waals surface area contributed by atoms with Crippen molar-refractivity contribution in [2.24, 2.45) is 0 Å². The van der Waals surface area contributed by atoms with E-state index in [1.165, 1.54) is 5.56 Å². The zero-order valence-corrected chi connectivity index (χ0v) is 15.1. The summed E-state index contributed by atoms with van der Waals surface area (Å²) in [6, 6.07) is 17.5. The molecule has 1 saturated heterocycles. The molecule has 0 aromatic heterocycles. The second-order valence-corrected chi connectivity index (χ2v) is 6.27. The standard InChI is InChI=1S/C21H25NO4/c1-2-24-21(23)18-8-10-19(11-9-18)26-16-20-15-22(12-13-25-20)14-17-6-4-3-5-7-17/h3-11,20H,2,12-16H2,1H3. The van der Waals surface area contributed by atoms with Crippen LogP contribution in [-0.4, -0.2) is 49.9 Å². The molecule has 1 fully saturated rings. The van der Waals surface area contributed by atoms with Crippen molar-refractivity contribution in [3.05, 3.63) is 65.7 Å². The van der Waals surface area contributed by atoms with Crippen LogP contribution >= 0.6 is 0 Å². The van der Waals surface area contributed by atoms with Crippen LogP contribution in [0.3, 0.4) is 0 Å². The summed E-state index contributed by atoms with van der Waals surface area (Å²) in [6.45, 7) is 6.06. The quantitative estimate of drug-likeness (QED) is 0.714. The lowest BCUT2D eigenvalue weighted by atomic mass is 10.2. The van der Waals surface area contributed by atoms with Gasteiger partial charge in [-0.3, -0.25) is 4.90 Å². The van der Waals surface area contributed by atoms with Gasteiger partial charge in [0.2, 0.25) is 0 Å². The monoisotopic (exact) mass is 355 g/mol. The Labute approximate surface area is 154 Å². The van der Waals surface area contributed by atoms with E-state index >= 15 is 0 Å². The molecule has 0 saturated carbocycles. The van der Waals surface area contributed by atoms with Gasteiger partial charge in [0.05, 0.1) is 18.8 Å². The highest BCUT2D eigenvalue weighted by atomic mass is 16.5. The Bertz CT molecular complexity index is 687. The first-order valence-corrected chi connectivity index (χ1v) is 9.02. The molecule has 5 heteroatoms. The summed E-state index contributed by atoms with van der Waals surface area (Å²) in [4.78, 5) is 14.0. The number of nitrogens with zero attached hydrogens (tertiary/aromatic N) is 1. The molecule has 1 aliphatic heterocycles. The van der Waals surface area contributed by atoms with Gasteiger partial charge in [0.1, 0.15) is 18.5 Å². The number of hydrogen-bond acceptors (Lipinski definition) is 5. The van der Waals surface area contributed by atoms with Crippen LogP contribution in [0.25, 0.3) is 0 Å². The minimum Gasteiger partial charge on any atom is -0.491 e. The predicted octanol–water partition coefficient (Wildman–Crippen LogP) is 3.14. The third-order valence-corrected chi connectivity index (χ3v) is 4.27. The molecule has 1 atom stereocenters. The van der Waals surface area contributed by atoms with Gasteiger partial charge in [-0.05, 0) is 36.8 Å². The Morgan fingerprint density at radius 3 is 2.65 bits per heavy atom. The molecule has 138 valence electrons. The molecule has 1 unspecified atom stereocenters. The predicted molar refractivity (Wildman–Crippen MR) is 99.4 cm³/mol. The van der Waals surface area contributed by atoms with Gasteiger partial charge in [-0.25, -0.2) is 4.79 Å². The van der Waals surface area contributed by atoms with Crippen LogP contribution in [0.1, 0.15) is 22.8 Å². The lowest BCUT2D eigenvalue weighted by molar-refractivity contribution is -0.0504. The van der Waals surface area contributed by atoms with Crippen LogP contribution in [0, 0.1) is 0 Å². The van der Waals surface area contributed by atoms with Crippen molar-refractivity contribution in [3.63, 3.8) is 0 Å². The molecule has 2 aromatic carbocycles. The van der Waals surface area contributed by atoms with E-state index < -0.39 is 0 Å². The van der Waals surface area contributed by atoms with Crippen LogP contribution < -0.4 is 4.74 Å². The van der Waals surface area contributed by atoms with Gasteiger partial charge >= 0.3 is 5.97 Å². The number of carbonyl (C=O) groups excluding carboxylic acids is 1. The van der Waals surface area contributed by atoms with E-state index in [0.717, 1.165) is 25.4 Å². The normalized spacial score (nSPS) is 17.7. The van der Waals surface area contributed by atoms with Crippen LogP contribution in [0.5, 0.6) is 5.75 Å². The van der Waals surface area contributed by atoms with Gasteiger partial charge in [0.15, 0.2) is 0 Å². The van der Waals surface area contributed by atoms with E-state index in [1.54, 1.807) is 31.2 Å². The molecule has 1 heterocycles. The SMILES string of the molecule is CCOC(=O)c1ccc(OCC2CN(Cc3ccccc3)CCO2)cc1. The fourth-order valence-corrected chi connectivity index (χ4v) is 2.96. The van der Waals surface area contributed by atoms with Crippen LogP contribution in [0.15, 0.2) is 54.6 Å². The summed E-state index contributed by atoms with van der Waals surface area (Å²) in [6.07, 6.45) is 0.0391. The number of ether oxygens (including phenoxy) is 3. The first-order chi connectivity index (χ1) is 12.7. The first kappa shape index (κ1) is 18.4. The molecular weight excluding hydrogens is 330 g/mol. The van der Waals surface area contributed by atoms with Crippen molar-refractivity contribution in [1.29, 1.82) is 0 Å². The smallest absolute Gasteiger partial charge is 0.338 e. The van der Waals surface area contributed by atoms with E-state index in [4.69, 9.17) is 14.2 Å². The molecule has 3 rings (SSSR count). The van der Waals surface area contributed by atoms with Crippen LogP contribution in [-0.2, 0) is 16.0 Å². The molecule has 0 bridgehead atoms. The molecule has 0 N–H and O–H groups in total. The van der Waals surface area contributed by atoms with Crippen molar-refractivity contribution in [2.75, 3.05) is 32.9 Å². The molecule has 0 aliphatic carbocycles. The number of morpholine rings is 1. The highest BCUT2D eigenvalue weighted by Crippen LogP contribution is 2.15. The maximum Gasteiger partial charge on any atom is 0.338 e. The van der Waals surface area contributed by atoms with E-state index in [9.17, 15) is 4.79 Å². The zero-order chi connectivity index (χ0) is 18.2.